The summed E-state index contributed by atoms with van der Waals surface area (Å²) in [6.45, 7) is 0. The fourth-order valence-corrected chi connectivity index (χ4v) is 0.799. The van der Waals surface area contributed by atoms with Gasteiger partial charge in [0.15, 0.2) is 0 Å². The number of aliphatic carboxylic acids is 2. The van der Waals surface area contributed by atoms with Crippen LogP contribution in [0.3, 0.4) is 0 Å². The molecule has 0 aromatic carbocycles. The molecule has 0 aliphatic heterocycles. The molecule has 0 aliphatic rings. The Balaban J connectivity index is 3.63. The summed E-state index contributed by atoms with van der Waals surface area (Å²) in [4.78, 5) is 20.3. The maximum Gasteiger partial charge on any atom is 0.320 e. The predicted molar refractivity (Wildman–Crippen MR) is 43.1 cm³/mol. The molecule has 0 amide bonds. The summed E-state index contributed by atoms with van der Waals surface area (Å²) in [6, 6.07) is -1.04. The van der Waals surface area contributed by atoms with E-state index in [0.717, 1.165) is 0 Å². The van der Waals surface area contributed by atoms with Crippen molar-refractivity contribution in [1.82, 2.24) is 0 Å². The van der Waals surface area contributed by atoms with Crippen molar-refractivity contribution >= 4 is 11.9 Å². The van der Waals surface area contributed by atoms with Crippen LogP contribution in [0.25, 0.3) is 0 Å². The topological polar surface area (TPSA) is 121 Å². The van der Waals surface area contributed by atoms with Gasteiger partial charge in [-0.15, -0.1) is 0 Å². The number of aliphatic hydroxyl groups excluding tert-OH is 1. The minimum atomic E-state index is -1.15. The van der Waals surface area contributed by atoms with Crippen LogP contribution in [0, 0.1) is 0 Å². The Labute approximate surface area is 75.0 Å². The zero-order chi connectivity index (χ0) is 10.4. The van der Waals surface area contributed by atoms with Gasteiger partial charge in [-0.1, -0.05) is 0 Å². The van der Waals surface area contributed by atoms with Gasteiger partial charge in [0.05, 0.1) is 12.5 Å². The molecule has 0 saturated heterocycles. The van der Waals surface area contributed by atoms with E-state index in [-0.39, 0.29) is 19.3 Å². The first-order valence-corrected chi connectivity index (χ1v) is 3.81. The van der Waals surface area contributed by atoms with Gasteiger partial charge in [-0.3, -0.25) is 9.59 Å². The molecular formula is C7H13NO5. The fraction of sp³-hybridized carbons (Fsp3) is 0.714. The highest BCUT2D eigenvalue weighted by Gasteiger charge is 2.15. The molecule has 0 spiro atoms. The second-order valence-corrected chi connectivity index (χ2v) is 2.77. The highest BCUT2D eigenvalue weighted by atomic mass is 16.4. The Morgan fingerprint density at radius 1 is 1.23 bits per heavy atom. The van der Waals surface area contributed by atoms with Crippen LogP contribution in [-0.4, -0.2) is 39.4 Å². The van der Waals surface area contributed by atoms with Gasteiger partial charge in [-0.05, 0) is 12.8 Å². The second-order valence-electron chi connectivity index (χ2n) is 2.77. The van der Waals surface area contributed by atoms with Crippen molar-refractivity contribution in [2.75, 3.05) is 0 Å². The van der Waals surface area contributed by atoms with Crippen LogP contribution in [0.5, 0.6) is 0 Å². The van der Waals surface area contributed by atoms with Crippen molar-refractivity contribution in [2.24, 2.45) is 5.73 Å². The molecule has 5 N–H and O–H groups in total. The van der Waals surface area contributed by atoms with E-state index in [1.54, 1.807) is 0 Å². The van der Waals surface area contributed by atoms with Gasteiger partial charge >= 0.3 is 11.9 Å². The van der Waals surface area contributed by atoms with E-state index < -0.39 is 24.1 Å². The van der Waals surface area contributed by atoms with Crippen molar-refractivity contribution in [1.29, 1.82) is 0 Å². The highest BCUT2D eigenvalue weighted by Crippen LogP contribution is 2.03. The number of nitrogens with two attached hydrogens (primary N) is 1. The number of carboxylic acid groups (broad SMARTS) is 2. The molecule has 0 heterocycles. The van der Waals surface area contributed by atoms with Crippen LogP contribution in [0.1, 0.15) is 19.3 Å². The van der Waals surface area contributed by atoms with Crippen LogP contribution < -0.4 is 5.73 Å². The van der Waals surface area contributed by atoms with E-state index in [4.69, 9.17) is 21.1 Å². The summed E-state index contributed by atoms with van der Waals surface area (Å²) >= 11 is 0. The number of hydrogen-bond acceptors (Lipinski definition) is 4. The number of carboxylic acids is 2. The molecule has 0 aromatic rings. The van der Waals surface area contributed by atoms with E-state index in [9.17, 15) is 9.59 Å². The van der Waals surface area contributed by atoms with Crippen LogP contribution in [0.15, 0.2) is 0 Å². The van der Waals surface area contributed by atoms with Gasteiger partial charge in [0.2, 0.25) is 0 Å². The van der Waals surface area contributed by atoms with E-state index in [2.05, 4.69) is 0 Å². The first-order valence-electron chi connectivity index (χ1n) is 3.81. The SMILES string of the molecule is N[C@@H](CC[C@H](O)CC(=O)O)C(=O)O. The van der Waals surface area contributed by atoms with Gasteiger partial charge < -0.3 is 21.1 Å². The van der Waals surface area contributed by atoms with Crippen LogP contribution in [0.4, 0.5) is 0 Å². The number of hydrogen-bond donors (Lipinski definition) is 4. The molecule has 0 fully saturated rings. The summed E-state index contributed by atoms with van der Waals surface area (Å²) in [5.74, 6) is -2.26. The third-order valence-corrected chi connectivity index (χ3v) is 1.54. The lowest BCUT2D eigenvalue weighted by atomic mass is 10.1. The molecule has 0 rings (SSSR count). The fourth-order valence-electron chi connectivity index (χ4n) is 0.799. The Morgan fingerprint density at radius 2 is 1.77 bits per heavy atom. The summed E-state index contributed by atoms with van der Waals surface area (Å²) in [6.07, 6.45) is -1.25. The molecule has 2 atom stereocenters. The van der Waals surface area contributed by atoms with Crippen LogP contribution in [0.2, 0.25) is 0 Å². The molecular weight excluding hydrogens is 178 g/mol. The van der Waals surface area contributed by atoms with Crippen molar-refractivity contribution < 1.29 is 24.9 Å². The van der Waals surface area contributed by atoms with E-state index >= 15 is 0 Å². The Kier molecular flexibility index (Phi) is 5.01. The van der Waals surface area contributed by atoms with Crippen molar-refractivity contribution in [3.05, 3.63) is 0 Å². The standard InChI is InChI=1S/C7H13NO5/c8-5(7(12)13)2-1-4(9)3-6(10)11/h4-5,9H,1-3,8H2,(H,10,11)(H,12,13)/t4-,5-/m0/s1. The Morgan fingerprint density at radius 3 is 2.15 bits per heavy atom. The number of aliphatic hydroxyl groups is 1. The number of rotatable bonds is 6. The smallest absolute Gasteiger partial charge is 0.320 e. The van der Waals surface area contributed by atoms with Gasteiger partial charge in [0.25, 0.3) is 0 Å². The van der Waals surface area contributed by atoms with E-state index in [1.807, 2.05) is 0 Å². The van der Waals surface area contributed by atoms with Gasteiger partial charge in [0.1, 0.15) is 6.04 Å². The van der Waals surface area contributed by atoms with Gasteiger partial charge in [-0.25, -0.2) is 0 Å². The first-order chi connectivity index (χ1) is 5.93. The maximum atomic E-state index is 10.2. The zero-order valence-corrected chi connectivity index (χ0v) is 7.01. The quantitative estimate of drug-likeness (QED) is 0.428. The summed E-state index contributed by atoms with van der Waals surface area (Å²) in [5.41, 5.74) is 5.14. The maximum absolute atomic E-state index is 10.2. The molecule has 0 aliphatic carbocycles. The molecule has 0 saturated carbocycles. The molecule has 0 unspecified atom stereocenters. The van der Waals surface area contributed by atoms with Crippen LogP contribution in [-0.2, 0) is 9.59 Å². The normalized spacial score (nSPS) is 14.9. The molecule has 6 nitrogen and oxygen atoms in total. The Bertz CT molecular complexity index is 193. The molecule has 6 heteroatoms. The van der Waals surface area contributed by atoms with Gasteiger partial charge in [-0.2, -0.15) is 0 Å². The van der Waals surface area contributed by atoms with E-state index in [0.29, 0.717) is 0 Å². The third kappa shape index (κ3) is 6.06. The number of carbonyl (C=O) groups is 2. The molecule has 0 aromatic heterocycles. The minimum absolute atomic E-state index is 0.0732. The van der Waals surface area contributed by atoms with Crippen molar-refractivity contribution in [2.45, 2.75) is 31.4 Å². The summed E-state index contributed by atoms with van der Waals surface area (Å²) in [7, 11) is 0. The monoisotopic (exact) mass is 191 g/mol. The van der Waals surface area contributed by atoms with E-state index in [1.165, 1.54) is 0 Å². The lowest BCUT2D eigenvalue weighted by molar-refractivity contribution is -0.139. The molecule has 0 radical (unpaired) electrons. The van der Waals surface area contributed by atoms with Gasteiger partial charge in [0, 0.05) is 0 Å². The average molecular weight is 191 g/mol. The first kappa shape index (κ1) is 11.9. The summed E-state index contributed by atoms with van der Waals surface area (Å²) in [5, 5.41) is 25.6. The van der Waals surface area contributed by atoms with Crippen LogP contribution >= 0.6 is 0 Å². The minimum Gasteiger partial charge on any atom is -0.481 e. The Hall–Kier alpha value is -1.14. The zero-order valence-electron chi connectivity index (χ0n) is 7.01. The lowest BCUT2D eigenvalue weighted by Crippen LogP contribution is -2.31. The largest absolute Gasteiger partial charge is 0.481 e. The third-order valence-electron chi connectivity index (χ3n) is 1.54. The summed E-state index contributed by atoms with van der Waals surface area (Å²) < 4.78 is 0. The second kappa shape index (κ2) is 5.50. The van der Waals surface area contributed by atoms with Crippen molar-refractivity contribution in [3.63, 3.8) is 0 Å². The average Bonchev–Trinajstić information content (AvgIpc) is 1.98. The van der Waals surface area contributed by atoms with Crippen molar-refractivity contribution in [3.8, 4) is 0 Å². The molecule has 0 bridgehead atoms. The highest BCUT2D eigenvalue weighted by molar-refractivity contribution is 5.73. The molecule has 76 valence electrons. The molecule has 13 heavy (non-hydrogen) atoms. The lowest BCUT2D eigenvalue weighted by Gasteiger charge is -2.09. The predicted octanol–water partition coefficient (Wildman–Crippen LogP) is -0.986.